The predicted octanol–water partition coefficient (Wildman–Crippen LogP) is 3.17. The monoisotopic (exact) mass is 357 g/mol. The van der Waals surface area contributed by atoms with Crippen molar-refractivity contribution in [3.63, 3.8) is 0 Å². The maximum absolute atomic E-state index is 13.4. The predicted molar refractivity (Wildman–Crippen MR) is 84.8 cm³/mol. The van der Waals surface area contributed by atoms with E-state index in [4.69, 9.17) is 10.6 Å². The summed E-state index contributed by atoms with van der Waals surface area (Å²) in [6.07, 6.45) is -1.77. The molecule has 1 aromatic heterocycles. The van der Waals surface area contributed by atoms with Gasteiger partial charge in [-0.15, -0.1) is 5.10 Å². The second-order valence-electron chi connectivity index (χ2n) is 5.25. The molecule has 9 heteroatoms. The summed E-state index contributed by atoms with van der Waals surface area (Å²) in [5.74, 6) is -0.828. The molecular weight excluding hydrogens is 339 g/mol. The van der Waals surface area contributed by atoms with Gasteiger partial charge >= 0.3 is 12.1 Å². The molecule has 0 amide bonds. The first-order valence-electron chi connectivity index (χ1n) is 7.56. The lowest BCUT2D eigenvalue weighted by molar-refractivity contribution is -0.137. The lowest BCUT2D eigenvalue weighted by atomic mass is 9.99. The molecule has 1 heterocycles. The molecule has 0 aliphatic carbocycles. The fraction of sp³-hybridized carbons (Fsp3) is 0.375. The fourth-order valence-electron chi connectivity index (χ4n) is 2.23. The van der Waals surface area contributed by atoms with Crippen LogP contribution in [-0.4, -0.2) is 29.6 Å². The number of anilines is 1. The molecular formula is C16H18F3N3O3. The zero-order valence-corrected chi connectivity index (χ0v) is 13.8. The minimum absolute atomic E-state index is 0.0635. The molecule has 0 saturated carbocycles. The minimum Gasteiger partial charge on any atom is -0.465 e. The molecule has 0 saturated heterocycles. The number of methoxy groups -OCH3 is 1. The molecule has 0 bridgehead atoms. The molecule has 0 spiro atoms. The Morgan fingerprint density at radius 3 is 2.68 bits per heavy atom. The van der Waals surface area contributed by atoms with Crippen molar-refractivity contribution in [1.29, 1.82) is 0 Å². The van der Waals surface area contributed by atoms with Crippen molar-refractivity contribution in [1.82, 2.24) is 9.94 Å². The smallest absolute Gasteiger partial charge is 0.417 e. The molecule has 25 heavy (non-hydrogen) atoms. The van der Waals surface area contributed by atoms with Crippen LogP contribution in [0, 0.1) is 0 Å². The SMILES string of the molecule is CCCCOn1nccc1-c1cc(C(=O)OC)c(N)cc1C(F)(F)F. The van der Waals surface area contributed by atoms with Crippen LogP contribution in [0.1, 0.15) is 35.7 Å². The Morgan fingerprint density at radius 1 is 1.36 bits per heavy atom. The first-order chi connectivity index (χ1) is 11.8. The van der Waals surface area contributed by atoms with Crippen molar-refractivity contribution >= 4 is 11.7 Å². The number of aromatic nitrogens is 2. The molecule has 0 atom stereocenters. The van der Waals surface area contributed by atoms with E-state index in [2.05, 4.69) is 9.84 Å². The van der Waals surface area contributed by atoms with E-state index in [1.165, 1.54) is 12.3 Å². The van der Waals surface area contributed by atoms with E-state index >= 15 is 0 Å². The number of nitrogens with two attached hydrogens (primary N) is 1. The highest BCUT2D eigenvalue weighted by Crippen LogP contribution is 2.39. The molecule has 0 fully saturated rings. The normalized spacial score (nSPS) is 11.4. The maximum Gasteiger partial charge on any atom is 0.417 e. The van der Waals surface area contributed by atoms with Gasteiger partial charge in [0.1, 0.15) is 12.3 Å². The number of ether oxygens (including phenoxy) is 1. The van der Waals surface area contributed by atoms with Gasteiger partial charge in [-0.2, -0.15) is 13.2 Å². The molecule has 2 rings (SSSR count). The summed E-state index contributed by atoms with van der Waals surface area (Å²) in [7, 11) is 1.12. The van der Waals surface area contributed by atoms with E-state index in [0.29, 0.717) is 12.7 Å². The van der Waals surface area contributed by atoms with Gasteiger partial charge in [0, 0.05) is 11.3 Å². The van der Waals surface area contributed by atoms with Crippen molar-refractivity contribution < 1.29 is 27.5 Å². The number of hydrogen-bond acceptors (Lipinski definition) is 5. The van der Waals surface area contributed by atoms with Crippen molar-refractivity contribution in [2.75, 3.05) is 19.5 Å². The molecule has 2 aromatic rings. The molecule has 0 radical (unpaired) electrons. The van der Waals surface area contributed by atoms with Crippen molar-refractivity contribution in [3.05, 3.63) is 35.5 Å². The van der Waals surface area contributed by atoms with Gasteiger partial charge in [0.2, 0.25) is 0 Å². The van der Waals surface area contributed by atoms with Gasteiger partial charge in [0.15, 0.2) is 0 Å². The highest BCUT2D eigenvalue weighted by atomic mass is 19.4. The number of carbonyl (C=O) groups excluding carboxylic acids is 1. The molecule has 6 nitrogen and oxygen atoms in total. The number of unbranched alkanes of at least 4 members (excludes halogenated alkanes) is 1. The fourth-order valence-corrected chi connectivity index (χ4v) is 2.23. The first-order valence-corrected chi connectivity index (χ1v) is 7.56. The van der Waals surface area contributed by atoms with E-state index in [9.17, 15) is 18.0 Å². The summed E-state index contributed by atoms with van der Waals surface area (Å²) in [6.45, 7) is 2.25. The minimum atomic E-state index is -4.67. The highest BCUT2D eigenvalue weighted by molar-refractivity contribution is 5.97. The Bertz CT molecular complexity index is 757. The van der Waals surface area contributed by atoms with Gasteiger partial charge in [-0.25, -0.2) is 4.79 Å². The Kier molecular flexibility index (Phi) is 5.55. The number of carbonyl (C=O) groups is 1. The van der Waals surface area contributed by atoms with Crippen molar-refractivity contribution in [2.45, 2.75) is 25.9 Å². The summed E-state index contributed by atoms with van der Waals surface area (Å²) in [4.78, 5) is 18.2. The Labute approximate surface area is 142 Å². The number of esters is 1. The third kappa shape index (κ3) is 4.04. The summed E-state index contributed by atoms with van der Waals surface area (Å²) < 4.78 is 44.9. The molecule has 136 valence electrons. The highest BCUT2D eigenvalue weighted by Gasteiger charge is 2.36. The van der Waals surface area contributed by atoms with Crippen LogP contribution in [0.4, 0.5) is 18.9 Å². The van der Waals surface area contributed by atoms with Gasteiger partial charge < -0.3 is 15.3 Å². The molecule has 0 aliphatic rings. The maximum atomic E-state index is 13.4. The second kappa shape index (κ2) is 7.45. The van der Waals surface area contributed by atoms with E-state index in [-0.39, 0.29) is 22.5 Å². The average Bonchev–Trinajstić information content (AvgIpc) is 3.01. The van der Waals surface area contributed by atoms with Crippen LogP contribution in [0.25, 0.3) is 11.3 Å². The summed E-state index contributed by atoms with van der Waals surface area (Å²) in [5, 5.41) is 3.88. The van der Waals surface area contributed by atoms with E-state index in [0.717, 1.165) is 30.9 Å². The number of hydrogen-bond donors (Lipinski definition) is 1. The van der Waals surface area contributed by atoms with Crippen LogP contribution in [-0.2, 0) is 10.9 Å². The largest absolute Gasteiger partial charge is 0.465 e. The molecule has 1 aromatic carbocycles. The average molecular weight is 357 g/mol. The van der Waals surface area contributed by atoms with Crippen LogP contribution in [0.3, 0.4) is 0 Å². The van der Waals surface area contributed by atoms with Gasteiger partial charge in [-0.3, -0.25) is 0 Å². The Hall–Kier alpha value is -2.71. The van der Waals surface area contributed by atoms with Crippen molar-refractivity contribution in [3.8, 4) is 11.3 Å². The standard InChI is InChI=1S/C16H18F3N3O3/c1-3-4-7-25-22-14(5-6-21-22)10-8-11(15(23)24-2)13(20)9-12(10)16(17,18)19/h5-6,8-9H,3-4,7,20H2,1-2H3. The van der Waals surface area contributed by atoms with Gasteiger partial charge in [0.05, 0.1) is 24.4 Å². The van der Waals surface area contributed by atoms with Gasteiger partial charge in [-0.05, 0) is 24.6 Å². The molecule has 2 N–H and O–H groups in total. The number of nitrogen functional groups attached to an aromatic ring is 1. The van der Waals surface area contributed by atoms with Crippen LogP contribution in [0.15, 0.2) is 24.4 Å². The second-order valence-corrected chi connectivity index (χ2v) is 5.25. The third-order valence-electron chi connectivity index (χ3n) is 3.50. The number of benzene rings is 1. The summed E-state index contributed by atoms with van der Waals surface area (Å²) >= 11 is 0. The molecule has 0 unspecified atom stereocenters. The van der Waals surface area contributed by atoms with E-state index < -0.39 is 17.7 Å². The Balaban J connectivity index is 2.59. The number of rotatable bonds is 6. The number of alkyl halides is 3. The van der Waals surface area contributed by atoms with E-state index in [1.807, 2.05) is 6.92 Å². The topological polar surface area (TPSA) is 79.4 Å². The molecule has 0 aliphatic heterocycles. The van der Waals surface area contributed by atoms with Crippen LogP contribution >= 0.6 is 0 Å². The van der Waals surface area contributed by atoms with E-state index in [1.54, 1.807) is 0 Å². The van der Waals surface area contributed by atoms with Gasteiger partial charge in [-0.1, -0.05) is 18.2 Å². The zero-order valence-electron chi connectivity index (χ0n) is 13.8. The number of nitrogens with zero attached hydrogens (tertiary/aromatic N) is 2. The lowest BCUT2D eigenvalue weighted by Crippen LogP contribution is -2.18. The number of halogens is 3. The lowest BCUT2D eigenvalue weighted by Gasteiger charge is -2.17. The van der Waals surface area contributed by atoms with Crippen molar-refractivity contribution in [2.24, 2.45) is 0 Å². The zero-order chi connectivity index (χ0) is 18.6. The van der Waals surface area contributed by atoms with Crippen LogP contribution < -0.4 is 10.6 Å². The summed E-state index contributed by atoms with van der Waals surface area (Å²) in [6, 6.07) is 3.12. The Morgan fingerprint density at radius 2 is 2.08 bits per heavy atom. The van der Waals surface area contributed by atoms with Crippen LogP contribution in [0.2, 0.25) is 0 Å². The van der Waals surface area contributed by atoms with Gasteiger partial charge in [0.25, 0.3) is 0 Å². The summed E-state index contributed by atoms with van der Waals surface area (Å²) in [5.41, 5.74) is 3.93. The third-order valence-corrected chi connectivity index (χ3v) is 3.50. The first kappa shape index (κ1) is 18.6. The van der Waals surface area contributed by atoms with Crippen LogP contribution in [0.5, 0.6) is 0 Å². The quantitative estimate of drug-likeness (QED) is 0.488.